The summed E-state index contributed by atoms with van der Waals surface area (Å²) >= 11 is 6.15. The maximum Gasteiger partial charge on any atom is 0.410 e. The highest BCUT2D eigenvalue weighted by Crippen LogP contribution is 2.52. The highest BCUT2D eigenvalue weighted by Gasteiger charge is 2.57. The number of hydrogen-bond acceptors (Lipinski definition) is 7. The van der Waals surface area contributed by atoms with Crippen LogP contribution in [0.25, 0.3) is 16.9 Å². The first-order valence-corrected chi connectivity index (χ1v) is 12.4. The van der Waals surface area contributed by atoms with Gasteiger partial charge in [-0.05, 0) is 32.6 Å². The van der Waals surface area contributed by atoms with Crippen LogP contribution in [0.3, 0.4) is 0 Å². The Kier molecular flexibility index (Phi) is 6.72. The number of carbonyl (C=O) groups is 1. The third-order valence-electron chi connectivity index (χ3n) is 6.57. The number of alkyl halides is 3. The monoisotopic (exact) mass is 574 g/mol. The summed E-state index contributed by atoms with van der Waals surface area (Å²) in [4.78, 5) is 21.5. The van der Waals surface area contributed by atoms with Crippen LogP contribution in [0.1, 0.15) is 20.8 Å². The number of likely N-dealkylation sites (tertiary alicyclic amines) is 1. The van der Waals surface area contributed by atoms with Gasteiger partial charge in [-0.2, -0.15) is 32.8 Å². The fraction of sp³-hybridized carbons (Fsp3) is 0.500. The van der Waals surface area contributed by atoms with Gasteiger partial charge in [0, 0.05) is 31.1 Å². The van der Waals surface area contributed by atoms with E-state index in [1.807, 2.05) is 0 Å². The van der Waals surface area contributed by atoms with Crippen molar-refractivity contribution in [2.75, 3.05) is 31.6 Å². The third kappa shape index (κ3) is 5.65. The number of piperidine rings is 1. The van der Waals surface area contributed by atoms with Crippen molar-refractivity contribution in [1.29, 1.82) is 0 Å². The lowest BCUT2D eigenvalue weighted by Crippen LogP contribution is -2.37. The number of nitrogens with zero attached hydrogens (tertiary/aromatic N) is 5. The second kappa shape index (κ2) is 9.65. The van der Waals surface area contributed by atoms with Gasteiger partial charge >= 0.3 is 12.3 Å². The Morgan fingerprint density at radius 3 is 2.36 bits per heavy atom. The highest BCUT2D eigenvalue weighted by molar-refractivity contribution is 6.33. The first-order valence-electron chi connectivity index (χ1n) is 12.0. The van der Waals surface area contributed by atoms with Gasteiger partial charge in [0.15, 0.2) is 0 Å². The van der Waals surface area contributed by atoms with Crippen molar-refractivity contribution >= 4 is 29.3 Å². The number of amides is 1. The van der Waals surface area contributed by atoms with E-state index >= 15 is 8.78 Å². The lowest BCUT2D eigenvalue weighted by Gasteiger charge is -2.25. The van der Waals surface area contributed by atoms with Gasteiger partial charge in [-0.15, -0.1) is 0 Å². The summed E-state index contributed by atoms with van der Waals surface area (Å²) in [6, 6.07) is 1.86. The highest BCUT2D eigenvalue weighted by atomic mass is 35.5. The molecule has 1 saturated heterocycles. The molecule has 2 aromatic heterocycles. The van der Waals surface area contributed by atoms with Crippen LogP contribution in [0.5, 0.6) is 5.75 Å². The van der Waals surface area contributed by atoms with Crippen LogP contribution in [0, 0.1) is 29.4 Å². The molecule has 5 rings (SSSR count). The van der Waals surface area contributed by atoms with E-state index < -0.39 is 52.1 Å². The average Bonchev–Trinajstić information content (AvgIpc) is 3.14. The molecule has 1 saturated carbocycles. The number of ether oxygens (including phenoxy) is 2. The lowest BCUT2D eigenvalue weighted by atomic mass is 10.1. The number of anilines is 1. The standard InChI is InChI=1S/C24H24ClF5N6O3/c1-23(2,3)39-22(37)35-6-12-13(7-35)14(12)8-38-11-4-15(26)17(16(27)5-11)18-19(25)34-21-32-10-33-36(21)20(18)31-9-24(28,29)30/h4-5,10,12-14,31H,6-9H2,1-3H3/t12-,13+,14?. The number of aromatic nitrogens is 4. The van der Waals surface area contributed by atoms with Crippen LogP contribution in [-0.4, -0.2) is 68.6 Å². The number of nitrogens with one attached hydrogen (secondary N) is 1. The average molecular weight is 575 g/mol. The number of fused-ring (bicyclic) bond motifs is 2. The van der Waals surface area contributed by atoms with Gasteiger partial charge in [-0.3, -0.25) is 0 Å². The van der Waals surface area contributed by atoms with E-state index in [-0.39, 0.29) is 42.0 Å². The molecule has 1 aromatic carbocycles. The van der Waals surface area contributed by atoms with E-state index in [1.165, 1.54) is 0 Å². The zero-order chi connectivity index (χ0) is 28.3. The SMILES string of the molecule is CC(C)(C)OC(=O)N1C[C@@H]2C(COc3cc(F)c(-c4c(Cl)nc5ncnn5c4NCC(F)(F)F)c(F)c3)[C@@H]2C1. The summed E-state index contributed by atoms with van der Waals surface area (Å²) in [6.07, 6.45) is -4.00. The number of hydrogen-bond donors (Lipinski definition) is 1. The van der Waals surface area contributed by atoms with Crippen molar-refractivity contribution in [3.63, 3.8) is 0 Å². The van der Waals surface area contributed by atoms with E-state index in [0.29, 0.717) is 13.1 Å². The first-order chi connectivity index (χ1) is 18.2. The molecular formula is C24H24ClF5N6O3. The second-order valence-electron chi connectivity index (χ2n) is 10.5. The number of halogens is 6. The lowest BCUT2D eigenvalue weighted by molar-refractivity contribution is -0.115. The Morgan fingerprint density at radius 1 is 1.13 bits per heavy atom. The predicted molar refractivity (Wildman–Crippen MR) is 129 cm³/mol. The van der Waals surface area contributed by atoms with Crippen molar-refractivity contribution in [2.45, 2.75) is 32.5 Å². The van der Waals surface area contributed by atoms with E-state index in [4.69, 9.17) is 21.1 Å². The van der Waals surface area contributed by atoms with Crippen LogP contribution in [0.15, 0.2) is 18.5 Å². The van der Waals surface area contributed by atoms with Gasteiger partial charge in [0.2, 0.25) is 0 Å². The van der Waals surface area contributed by atoms with Crippen LogP contribution in [0.2, 0.25) is 5.15 Å². The summed E-state index contributed by atoms with van der Waals surface area (Å²) in [6.45, 7) is 5.06. The van der Waals surface area contributed by atoms with Gasteiger partial charge in [0.05, 0.1) is 17.7 Å². The molecule has 3 aromatic rings. The molecule has 0 bridgehead atoms. The molecule has 210 valence electrons. The molecular weight excluding hydrogens is 551 g/mol. The smallest absolute Gasteiger partial charge is 0.410 e. The largest absolute Gasteiger partial charge is 0.493 e. The quantitative estimate of drug-likeness (QED) is 0.320. The molecule has 3 atom stereocenters. The molecule has 1 aliphatic carbocycles. The zero-order valence-corrected chi connectivity index (χ0v) is 21.8. The maximum absolute atomic E-state index is 15.2. The Morgan fingerprint density at radius 2 is 1.77 bits per heavy atom. The molecule has 9 nitrogen and oxygen atoms in total. The summed E-state index contributed by atoms with van der Waals surface area (Å²) in [5.41, 5.74) is -1.74. The van der Waals surface area contributed by atoms with Crippen molar-refractivity contribution in [1.82, 2.24) is 24.5 Å². The van der Waals surface area contributed by atoms with E-state index in [2.05, 4.69) is 20.4 Å². The molecule has 2 fully saturated rings. The fourth-order valence-electron chi connectivity index (χ4n) is 4.82. The van der Waals surface area contributed by atoms with Gasteiger partial charge in [-0.25, -0.2) is 13.6 Å². The number of benzene rings is 1. The van der Waals surface area contributed by atoms with E-state index in [0.717, 1.165) is 23.0 Å². The molecule has 1 amide bonds. The minimum Gasteiger partial charge on any atom is -0.493 e. The van der Waals surface area contributed by atoms with Gasteiger partial charge in [0.25, 0.3) is 5.78 Å². The molecule has 2 aliphatic rings. The summed E-state index contributed by atoms with van der Waals surface area (Å²) in [5.74, 6) is -2.40. The van der Waals surface area contributed by atoms with Crippen LogP contribution in [-0.2, 0) is 4.74 Å². The number of rotatable bonds is 6. The predicted octanol–water partition coefficient (Wildman–Crippen LogP) is 5.19. The Balaban J connectivity index is 1.31. The van der Waals surface area contributed by atoms with E-state index in [9.17, 15) is 18.0 Å². The van der Waals surface area contributed by atoms with Gasteiger partial charge in [-0.1, -0.05) is 11.6 Å². The van der Waals surface area contributed by atoms with Crippen molar-refractivity contribution in [3.8, 4) is 16.9 Å². The summed E-state index contributed by atoms with van der Waals surface area (Å²) < 4.78 is 81.2. The van der Waals surface area contributed by atoms with E-state index in [1.54, 1.807) is 25.7 Å². The minimum atomic E-state index is -4.64. The minimum absolute atomic E-state index is 0.0987. The van der Waals surface area contributed by atoms with Crippen LogP contribution < -0.4 is 10.1 Å². The fourth-order valence-corrected chi connectivity index (χ4v) is 5.08. The number of carbonyl (C=O) groups excluding carboxylic acids is 1. The Hall–Kier alpha value is -3.42. The Bertz CT molecular complexity index is 1390. The Labute approximate surface area is 224 Å². The molecule has 3 heterocycles. The van der Waals surface area contributed by atoms with Crippen molar-refractivity contribution in [2.24, 2.45) is 17.8 Å². The molecule has 1 unspecified atom stereocenters. The molecule has 0 radical (unpaired) electrons. The topological polar surface area (TPSA) is 93.9 Å². The maximum atomic E-state index is 15.2. The normalized spacial score (nSPS) is 20.7. The first kappa shape index (κ1) is 27.2. The van der Waals surface area contributed by atoms with Crippen LogP contribution >= 0.6 is 11.6 Å². The van der Waals surface area contributed by atoms with Crippen molar-refractivity contribution < 1.29 is 36.2 Å². The van der Waals surface area contributed by atoms with Gasteiger partial charge < -0.3 is 19.7 Å². The van der Waals surface area contributed by atoms with Crippen LogP contribution in [0.4, 0.5) is 32.6 Å². The summed E-state index contributed by atoms with van der Waals surface area (Å²) in [5, 5.41) is 5.42. The summed E-state index contributed by atoms with van der Waals surface area (Å²) in [7, 11) is 0. The second-order valence-corrected chi connectivity index (χ2v) is 10.9. The molecule has 15 heteroatoms. The molecule has 1 aliphatic heterocycles. The molecule has 39 heavy (non-hydrogen) atoms. The zero-order valence-electron chi connectivity index (χ0n) is 21.0. The third-order valence-corrected chi connectivity index (χ3v) is 6.84. The molecule has 1 N–H and O–H groups in total. The van der Waals surface area contributed by atoms with Crippen molar-refractivity contribution in [3.05, 3.63) is 35.2 Å². The van der Waals surface area contributed by atoms with Gasteiger partial charge in [0.1, 0.15) is 46.8 Å². The molecule has 0 spiro atoms.